The number of halogens is 1. The first kappa shape index (κ1) is 10.7. The highest BCUT2D eigenvalue weighted by Gasteiger charge is 2.16. The van der Waals surface area contributed by atoms with Crippen LogP contribution in [-0.2, 0) is 0 Å². The van der Waals surface area contributed by atoms with Crippen LogP contribution in [0.1, 0.15) is 47.0 Å². The van der Waals surface area contributed by atoms with Gasteiger partial charge >= 0.3 is 0 Å². The molecule has 0 nitrogen and oxygen atoms in total. The van der Waals surface area contributed by atoms with E-state index in [1.165, 1.54) is 0 Å². The summed E-state index contributed by atoms with van der Waals surface area (Å²) in [5.41, 5.74) is 0.0695. The van der Waals surface area contributed by atoms with Crippen LogP contribution in [0.15, 0.2) is 11.9 Å². The van der Waals surface area contributed by atoms with Crippen molar-refractivity contribution in [3.05, 3.63) is 11.9 Å². The number of hydrogen-bond acceptors (Lipinski definition) is 0. The van der Waals surface area contributed by atoms with Gasteiger partial charge in [0.2, 0.25) is 0 Å². The first-order valence-corrected chi connectivity index (χ1v) is 4.45. The van der Waals surface area contributed by atoms with Crippen LogP contribution >= 0.6 is 0 Å². The summed E-state index contributed by atoms with van der Waals surface area (Å²) in [6.07, 6.45) is 4.32. The van der Waals surface area contributed by atoms with Crippen LogP contribution in [0.4, 0.5) is 4.39 Å². The van der Waals surface area contributed by atoms with E-state index in [4.69, 9.17) is 0 Å². The minimum atomic E-state index is 0.0243. The van der Waals surface area contributed by atoms with Gasteiger partial charge in [-0.25, -0.2) is 4.39 Å². The zero-order chi connectivity index (χ0) is 8.91. The van der Waals surface area contributed by atoms with E-state index in [0.717, 1.165) is 12.8 Å². The molecule has 0 aromatic heterocycles. The Morgan fingerprint density at radius 3 is 2.00 bits per heavy atom. The van der Waals surface area contributed by atoms with Gasteiger partial charge < -0.3 is 0 Å². The third-order valence-electron chi connectivity index (χ3n) is 2.46. The Hall–Kier alpha value is -0.330. The molecule has 0 N–H and O–H groups in total. The van der Waals surface area contributed by atoms with Crippen molar-refractivity contribution >= 4 is 0 Å². The lowest BCUT2D eigenvalue weighted by atomic mass is 9.84. The molecule has 0 fully saturated rings. The van der Waals surface area contributed by atoms with Gasteiger partial charge in [0, 0.05) is 0 Å². The van der Waals surface area contributed by atoms with E-state index >= 15 is 0 Å². The van der Waals surface area contributed by atoms with E-state index in [0.29, 0.717) is 6.42 Å². The van der Waals surface area contributed by atoms with Gasteiger partial charge in [0.1, 0.15) is 0 Å². The molecule has 0 aromatic carbocycles. The Kier molecular flexibility index (Phi) is 4.39. The molecule has 0 unspecified atom stereocenters. The molecule has 0 spiro atoms. The molecule has 11 heavy (non-hydrogen) atoms. The lowest BCUT2D eigenvalue weighted by Gasteiger charge is -2.21. The Labute approximate surface area is 69.5 Å². The molecule has 0 rings (SSSR count). The fourth-order valence-electron chi connectivity index (χ4n) is 0.934. The van der Waals surface area contributed by atoms with Crippen LogP contribution < -0.4 is 0 Å². The predicted molar refractivity (Wildman–Crippen MR) is 48.2 cm³/mol. The average Bonchev–Trinajstić information content (AvgIpc) is 2.04. The summed E-state index contributed by atoms with van der Waals surface area (Å²) < 4.78 is 12.9. The minimum absolute atomic E-state index is 0.0243. The number of rotatable bonds is 4. The third-order valence-corrected chi connectivity index (χ3v) is 2.46. The fourth-order valence-corrected chi connectivity index (χ4v) is 0.934. The maximum atomic E-state index is 12.9. The third kappa shape index (κ3) is 3.54. The van der Waals surface area contributed by atoms with Gasteiger partial charge in [0.05, 0.1) is 5.83 Å². The molecule has 0 atom stereocenters. The molecule has 0 aliphatic heterocycles. The summed E-state index contributed by atoms with van der Waals surface area (Å²) in [5, 5.41) is 0. The van der Waals surface area contributed by atoms with Crippen molar-refractivity contribution in [1.29, 1.82) is 0 Å². The molecular weight excluding hydrogens is 139 g/mol. The van der Waals surface area contributed by atoms with E-state index in [-0.39, 0.29) is 11.2 Å². The van der Waals surface area contributed by atoms with Gasteiger partial charge in [0.25, 0.3) is 0 Å². The highest BCUT2D eigenvalue weighted by Crippen LogP contribution is 2.29. The molecule has 0 bridgehead atoms. The van der Waals surface area contributed by atoms with Crippen LogP contribution in [-0.4, -0.2) is 0 Å². The first-order valence-electron chi connectivity index (χ1n) is 4.45. The van der Waals surface area contributed by atoms with Gasteiger partial charge in [0.15, 0.2) is 0 Å². The quantitative estimate of drug-likeness (QED) is 0.578. The molecule has 0 radical (unpaired) electrons. The monoisotopic (exact) mass is 158 g/mol. The molecule has 0 saturated heterocycles. The SMILES string of the molecule is CC/C(F)=C\C(C)(CC)CC. The lowest BCUT2D eigenvalue weighted by Crippen LogP contribution is -2.10. The van der Waals surface area contributed by atoms with Crippen molar-refractivity contribution in [2.75, 3.05) is 0 Å². The number of hydrogen-bond donors (Lipinski definition) is 0. The normalized spacial score (nSPS) is 13.7. The molecule has 0 aliphatic carbocycles. The van der Waals surface area contributed by atoms with Crippen LogP contribution in [0.25, 0.3) is 0 Å². The summed E-state index contributed by atoms with van der Waals surface area (Å²) in [5.74, 6) is 0.0243. The Morgan fingerprint density at radius 2 is 1.73 bits per heavy atom. The van der Waals surface area contributed by atoms with Crippen molar-refractivity contribution in [2.24, 2.45) is 5.41 Å². The highest BCUT2D eigenvalue weighted by molar-refractivity contribution is 5.01. The van der Waals surface area contributed by atoms with Crippen LogP contribution in [0, 0.1) is 5.41 Å². The minimum Gasteiger partial charge on any atom is -0.212 e. The summed E-state index contributed by atoms with van der Waals surface area (Å²) >= 11 is 0. The second-order valence-corrected chi connectivity index (χ2v) is 3.31. The molecule has 0 aliphatic rings. The summed E-state index contributed by atoms with van der Waals surface area (Å²) in [6.45, 7) is 8.14. The van der Waals surface area contributed by atoms with Crippen LogP contribution in [0.3, 0.4) is 0 Å². The average molecular weight is 158 g/mol. The standard InChI is InChI=1S/C10H19F/c1-5-9(11)8-10(4,6-2)7-3/h8H,5-7H2,1-4H3/b9-8+. The van der Waals surface area contributed by atoms with Gasteiger partial charge in [-0.1, -0.05) is 27.7 Å². The summed E-state index contributed by atoms with van der Waals surface area (Å²) in [6, 6.07) is 0. The van der Waals surface area contributed by atoms with Crippen LogP contribution in [0.5, 0.6) is 0 Å². The zero-order valence-corrected chi connectivity index (χ0v) is 8.08. The van der Waals surface area contributed by atoms with E-state index in [2.05, 4.69) is 20.8 Å². The molecule has 0 saturated carbocycles. The van der Waals surface area contributed by atoms with Crippen molar-refractivity contribution in [1.82, 2.24) is 0 Å². The molecule has 1 heteroatoms. The van der Waals surface area contributed by atoms with E-state index < -0.39 is 0 Å². The van der Waals surface area contributed by atoms with Gasteiger partial charge in [-0.05, 0) is 30.8 Å². The maximum Gasteiger partial charge on any atom is 0.0962 e. The van der Waals surface area contributed by atoms with E-state index in [1.54, 1.807) is 6.08 Å². The van der Waals surface area contributed by atoms with Crippen molar-refractivity contribution in [2.45, 2.75) is 47.0 Å². The van der Waals surface area contributed by atoms with Gasteiger partial charge in [-0.3, -0.25) is 0 Å². The molecular formula is C10H19F. The Bertz CT molecular complexity index is 132. The van der Waals surface area contributed by atoms with Crippen molar-refractivity contribution < 1.29 is 4.39 Å². The van der Waals surface area contributed by atoms with Crippen molar-refractivity contribution in [3.8, 4) is 0 Å². The lowest BCUT2D eigenvalue weighted by molar-refractivity contribution is 0.382. The topological polar surface area (TPSA) is 0 Å². The Morgan fingerprint density at radius 1 is 1.27 bits per heavy atom. The predicted octanol–water partition coefficient (Wildman–Crippen LogP) is 4.08. The molecule has 66 valence electrons. The fraction of sp³-hybridized carbons (Fsp3) is 0.800. The van der Waals surface area contributed by atoms with E-state index in [9.17, 15) is 4.39 Å². The largest absolute Gasteiger partial charge is 0.212 e. The van der Waals surface area contributed by atoms with Crippen molar-refractivity contribution in [3.63, 3.8) is 0 Å². The Balaban J connectivity index is 4.27. The highest BCUT2D eigenvalue weighted by atomic mass is 19.1. The summed E-state index contributed by atoms with van der Waals surface area (Å²) in [4.78, 5) is 0. The summed E-state index contributed by atoms with van der Waals surface area (Å²) in [7, 11) is 0. The molecule has 0 amide bonds. The number of allylic oxidation sites excluding steroid dienone is 2. The first-order chi connectivity index (χ1) is 5.08. The van der Waals surface area contributed by atoms with Gasteiger partial charge in [-0.2, -0.15) is 0 Å². The van der Waals surface area contributed by atoms with E-state index in [1.807, 2.05) is 6.92 Å². The van der Waals surface area contributed by atoms with Crippen LogP contribution in [0.2, 0.25) is 0 Å². The van der Waals surface area contributed by atoms with Gasteiger partial charge in [-0.15, -0.1) is 0 Å². The second-order valence-electron chi connectivity index (χ2n) is 3.31. The second kappa shape index (κ2) is 4.53. The molecule has 0 aromatic rings. The smallest absolute Gasteiger partial charge is 0.0962 e. The maximum absolute atomic E-state index is 12.9. The zero-order valence-electron chi connectivity index (χ0n) is 8.08. The molecule has 0 heterocycles.